The lowest BCUT2D eigenvalue weighted by atomic mass is 9.98. The highest BCUT2D eigenvalue weighted by atomic mass is 16.6. The van der Waals surface area contributed by atoms with Gasteiger partial charge >= 0.3 is 0 Å². The summed E-state index contributed by atoms with van der Waals surface area (Å²) in [6.07, 6.45) is 0.495. The van der Waals surface area contributed by atoms with Gasteiger partial charge in [-0.3, -0.25) is 0 Å². The molecule has 0 saturated carbocycles. The predicted octanol–water partition coefficient (Wildman–Crippen LogP) is 1.59. The summed E-state index contributed by atoms with van der Waals surface area (Å²) in [5.74, 6) is 2.35. The summed E-state index contributed by atoms with van der Waals surface area (Å²) in [7, 11) is 0. The standard InChI is InChI=1S/C15H12N4O3/c16-6-9-13(17)8-3-7-4-11-12(21-2-1-20-11)5-10(7)22-15(8)19-14(9)18/h4-5H,1-3H2,(H4,17,18,19). The van der Waals surface area contributed by atoms with Crippen molar-refractivity contribution in [2.45, 2.75) is 6.42 Å². The Bertz CT molecular complexity index is 842. The van der Waals surface area contributed by atoms with E-state index in [0.29, 0.717) is 54.0 Å². The normalized spacial score (nSPS) is 14.3. The molecule has 4 rings (SSSR count). The first-order chi connectivity index (χ1) is 10.7. The van der Waals surface area contributed by atoms with Crippen molar-refractivity contribution in [2.24, 2.45) is 0 Å². The Morgan fingerprint density at radius 2 is 1.82 bits per heavy atom. The molecule has 0 spiro atoms. The summed E-state index contributed by atoms with van der Waals surface area (Å²) < 4.78 is 16.9. The van der Waals surface area contributed by atoms with E-state index in [9.17, 15) is 0 Å². The summed E-state index contributed by atoms with van der Waals surface area (Å²) in [5, 5.41) is 9.13. The third-order valence-corrected chi connectivity index (χ3v) is 3.74. The molecule has 1 aromatic heterocycles. The molecule has 0 unspecified atom stereocenters. The zero-order chi connectivity index (χ0) is 15.3. The van der Waals surface area contributed by atoms with E-state index in [1.807, 2.05) is 12.1 Å². The molecule has 0 fully saturated rings. The van der Waals surface area contributed by atoms with E-state index in [-0.39, 0.29) is 11.4 Å². The largest absolute Gasteiger partial charge is 0.486 e. The van der Waals surface area contributed by atoms with Gasteiger partial charge in [0.2, 0.25) is 5.88 Å². The van der Waals surface area contributed by atoms with E-state index in [1.165, 1.54) is 0 Å². The minimum atomic E-state index is 0.0692. The van der Waals surface area contributed by atoms with Crippen LogP contribution in [0.3, 0.4) is 0 Å². The number of nitriles is 1. The molecule has 2 aliphatic heterocycles. The quantitative estimate of drug-likeness (QED) is 0.646. The number of benzene rings is 1. The lowest BCUT2D eigenvalue weighted by molar-refractivity contribution is 0.170. The van der Waals surface area contributed by atoms with Gasteiger partial charge in [0, 0.05) is 23.6 Å². The van der Waals surface area contributed by atoms with Gasteiger partial charge < -0.3 is 25.7 Å². The van der Waals surface area contributed by atoms with Gasteiger partial charge in [-0.2, -0.15) is 10.2 Å². The van der Waals surface area contributed by atoms with Crippen LogP contribution in [-0.4, -0.2) is 18.2 Å². The minimum absolute atomic E-state index is 0.0692. The topological polar surface area (TPSA) is 116 Å². The summed E-state index contributed by atoms with van der Waals surface area (Å²) in [5.41, 5.74) is 13.8. The fraction of sp³-hybridized carbons (Fsp3) is 0.200. The summed E-state index contributed by atoms with van der Waals surface area (Å²) >= 11 is 0. The molecular weight excluding hydrogens is 284 g/mol. The number of hydrogen-bond donors (Lipinski definition) is 2. The number of nitrogen functional groups attached to an aromatic ring is 2. The van der Waals surface area contributed by atoms with Crippen LogP contribution in [0.1, 0.15) is 16.7 Å². The second-order valence-corrected chi connectivity index (χ2v) is 5.06. The average molecular weight is 296 g/mol. The van der Waals surface area contributed by atoms with Crippen LogP contribution in [0.25, 0.3) is 0 Å². The van der Waals surface area contributed by atoms with Crippen molar-refractivity contribution in [2.75, 3.05) is 24.7 Å². The van der Waals surface area contributed by atoms with Gasteiger partial charge in [-0.05, 0) is 6.07 Å². The Hall–Kier alpha value is -3.14. The van der Waals surface area contributed by atoms with Crippen molar-refractivity contribution in [3.8, 4) is 29.2 Å². The highest BCUT2D eigenvalue weighted by Gasteiger charge is 2.26. The van der Waals surface area contributed by atoms with Gasteiger partial charge in [0.05, 0.1) is 5.69 Å². The van der Waals surface area contributed by atoms with Crippen LogP contribution >= 0.6 is 0 Å². The first kappa shape index (κ1) is 12.6. The van der Waals surface area contributed by atoms with E-state index >= 15 is 0 Å². The van der Waals surface area contributed by atoms with E-state index in [0.717, 1.165) is 5.56 Å². The Morgan fingerprint density at radius 3 is 2.55 bits per heavy atom. The maximum Gasteiger partial charge on any atom is 0.226 e. The Balaban J connectivity index is 1.84. The molecule has 0 atom stereocenters. The number of nitrogens with two attached hydrogens (primary N) is 2. The van der Waals surface area contributed by atoms with Crippen molar-refractivity contribution in [1.82, 2.24) is 4.98 Å². The molecule has 2 aliphatic rings. The summed E-state index contributed by atoms with van der Waals surface area (Å²) in [6.45, 7) is 1.02. The van der Waals surface area contributed by atoms with Crippen LogP contribution < -0.4 is 25.7 Å². The lowest BCUT2D eigenvalue weighted by Crippen LogP contribution is -2.17. The Kier molecular flexibility index (Phi) is 2.53. The van der Waals surface area contributed by atoms with Crippen LogP contribution in [0.5, 0.6) is 23.1 Å². The first-order valence-corrected chi connectivity index (χ1v) is 6.75. The summed E-state index contributed by atoms with van der Waals surface area (Å²) in [6, 6.07) is 5.62. The number of rotatable bonds is 0. The van der Waals surface area contributed by atoms with E-state index in [1.54, 1.807) is 6.07 Å². The average Bonchev–Trinajstić information content (AvgIpc) is 2.52. The monoisotopic (exact) mass is 296 g/mol. The number of pyridine rings is 1. The molecule has 0 saturated heterocycles. The Morgan fingerprint density at radius 1 is 1.09 bits per heavy atom. The highest BCUT2D eigenvalue weighted by molar-refractivity contribution is 5.72. The smallest absolute Gasteiger partial charge is 0.226 e. The zero-order valence-corrected chi connectivity index (χ0v) is 11.5. The van der Waals surface area contributed by atoms with Gasteiger partial charge in [0.15, 0.2) is 11.5 Å². The highest BCUT2D eigenvalue weighted by Crippen LogP contribution is 2.45. The maximum absolute atomic E-state index is 9.13. The number of aromatic nitrogens is 1. The van der Waals surface area contributed by atoms with Crippen molar-refractivity contribution in [3.63, 3.8) is 0 Å². The van der Waals surface area contributed by atoms with Crippen molar-refractivity contribution < 1.29 is 14.2 Å². The van der Waals surface area contributed by atoms with Crippen LogP contribution in [0.2, 0.25) is 0 Å². The molecular formula is C15H12N4O3. The number of fused-ring (bicyclic) bond motifs is 3. The molecule has 7 nitrogen and oxygen atoms in total. The van der Waals surface area contributed by atoms with Gasteiger partial charge in [-0.15, -0.1) is 0 Å². The fourth-order valence-electron chi connectivity index (χ4n) is 2.65. The molecule has 4 N–H and O–H groups in total. The van der Waals surface area contributed by atoms with Crippen molar-refractivity contribution in [1.29, 1.82) is 5.26 Å². The van der Waals surface area contributed by atoms with Gasteiger partial charge in [0.25, 0.3) is 0 Å². The SMILES string of the molecule is N#Cc1c(N)nc2c(c1N)Cc1cc3c(cc1O2)OCCO3. The van der Waals surface area contributed by atoms with Gasteiger partial charge in [-0.25, -0.2) is 0 Å². The fourth-order valence-corrected chi connectivity index (χ4v) is 2.65. The molecule has 2 aromatic rings. The number of anilines is 2. The zero-order valence-electron chi connectivity index (χ0n) is 11.5. The van der Waals surface area contributed by atoms with Crippen molar-refractivity contribution >= 4 is 11.5 Å². The molecule has 0 radical (unpaired) electrons. The van der Waals surface area contributed by atoms with Crippen molar-refractivity contribution in [3.05, 3.63) is 28.8 Å². The molecule has 0 aliphatic carbocycles. The molecule has 1 aromatic carbocycles. The minimum Gasteiger partial charge on any atom is -0.486 e. The van der Waals surface area contributed by atoms with Gasteiger partial charge in [-0.1, -0.05) is 0 Å². The number of ether oxygens (including phenoxy) is 3. The molecule has 0 bridgehead atoms. The molecule has 7 heteroatoms. The maximum atomic E-state index is 9.13. The van der Waals surface area contributed by atoms with Crippen LogP contribution in [0.15, 0.2) is 12.1 Å². The van der Waals surface area contributed by atoms with Crippen LogP contribution in [0, 0.1) is 11.3 Å². The van der Waals surface area contributed by atoms with Crippen LogP contribution in [-0.2, 0) is 6.42 Å². The second kappa shape index (κ2) is 4.43. The molecule has 0 amide bonds. The molecule has 22 heavy (non-hydrogen) atoms. The number of hydrogen-bond acceptors (Lipinski definition) is 7. The Labute approximate surface area is 126 Å². The first-order valence-electron chi connectivity index (χ1n) is 6.75. The summed E-state index contributed by atoms with van der Waals surface area (Å²) in [4.78, 5) is 4.14. The third-order valence-electron chi connectivity index (χ3n) is 3.74. The number of nitrogens with zero attached hydrogens (tertiary/aromatic N) is 2. The molecule has 3 heterocycles. The van der Waals surface area contributed by atoms with E-state index in [4.69, 9.17) is 30.9 Å². The lowest BCUT2D eigenvalue weighted by Gasteiger charge is -2.25. The van der Waals surface area contributed by atoms with E-state index in [2.05, 4.69) is 4.98 Å². The predicted molar refractivity (Wildman–Crippen MR) is 78.1 cm³/mol. The third kappa shape index (κ3) is 1.71. The van der Waals surface area contributed by atoms with Gasteiger partial charge in [0.1, 0.15) is 36.4 Å². The van der Waals surface area contributed by atoms with Crippen LogP contribution in [0.4, 0.5) is 11.5 Å². The second-order valence-electron chi connectivity index (χ2n) is 5.06. The van der Waals surface area contributed by atoms with E-state index < -0.39 is 0 Å². The molecule has 110 valence electrons.